The Balaban J connectivity index is 2.29. The van der Waals surface area contributed by atoms with E-state index in [4.69, 9.17) is 0 Å². The van der Waals surface area contributed by atoms with Crippen molar-refractivity contribution in [3.63, 3.8) is 0 Å². The average Bonchev–Trinajstić information content (AvgIpc) is 2.30. The van der Waals surface area contributed by atoms with Crippen LogP contribution in [0, 0.1) is 0 Å². The third kappa shape index (κ3) is 3.83. The van der Waals surface area contributed by atoms with E-state index in [1.54, 1.807) is 23.5 Å². The Kier molecular flexibility index (Phi) is 3.49. The average molecular weight is 205 g/mol. The Morgan fingerprint density at radius 2 is 2.42 bits per heavy atom. The lowest BCUT2D eigenvalue weighted by Crippen LogP contribution is -2.22. The molecule has 0 spiro atoms. The molecule has 0 aromatic heterocycles. The standard InChI is InChI=1S/C8H15NOS2/c1-6-4-11-7(9-6)12-5-8(2,3)10/h6,10H,4-5H2,1-3H3. The van der Waals surface area contributed by atoms with Crippen molar-refractivity contribution >= 4 is 27.9 Å². The SMILES string of the molecule is CC1CSC(SCC(C)(C)O)=N1. The van der Waals surface area contributed by atoms with E-state index in [1.807, 2.05) is 13.8 Å². The van der Waals surface area contributed by atoms with E-state index in [1.165, 1.54) is 0 Å². The van der Waals surface area contributed by atoms with Gasteiger partial charge in [0.2, 0.25) is 0 Å². The molecule has 0 aromatic rings. The quantitative estimate of drug-likeness (QED) is 0.748. The first kappa shape index (κ1) is 10.4. The van der Waals surface area contributed by atoms with Gasteiger partial charge in [-0.15, -0.1) is 0 Å². The van der Waals surface area contributed by atoms with E-state index in [2.05, 4.69) is 11.9 Å². The summed E-state index contributed by atoms with van der Waals surface area (Å²) in [5, 5.41) is 9.46. The Hall–Kier alpha value is 0.330. The van der Waals surface area contributed by atoms with Gasteiger partial charge in [0.1, 0.15) is 4.38 Å². The lowest BCUT2D eigenvalue weighted by Gasteiger charge is -2.15. The summed E-state index contributed by atoms with van der Waals surface area (Å²) < 4.78 is 1.13. The fraction of sp³-hybridized carbons (Fsp3) is 0.875. The van der Waals surface area contributed by atoms with E-state index in [0.29, 0.717) is 6.04 Å². The van der Waals surface area contributed by atoms with Crippen molar-refractivity contribution < 1.29 is 5.11 Å². The minimum absolute atomic E-state index is 0.458. The number of nitrogens with zero attached hydrogens (tertiary/aromatic N) is 1. The van der Waals surface area contributed by atoms with Gasteiger partial charge in [-0.2, -0.15) is 0 Å². The molecule has 1 aliphatic heterocycles. The topological polar surface area (TPSA) is 32.6 Å². The molecule has 1 aliphatic rings. The van der Waals surface area contributed by atoms with E-state index in [0.717, 1.165) is 15.9 Å². The highest BCUT2D eigenvalue weighted by atomic mass is 32.2. The minimum atomic E-state index is -0.584. The van der Waals surface area contributed by atoms with Gasteiger partial charge in [0.05, 0.1) is 11.6 Å². The van der Waals surface area contributed by atoms with Crippen LogP contribution >= 0.6 is 23.5 Å². The van der Waals surface area contributed by atoms with Crippen LogP contribution in [-0.2, 0) is 0 Å². The lowest BCUT2D eigenvalue weighted by molar-refractivity contribution is 0.107. The van der Waals surface area contributed by atoms with Crippen molar-refractivity contribution in [2.45, 2.75) is 32.4 Å². The molecule has 0 amide bonds. The second-order valence-electron chi connectivity index (χ2n) is 3.66. The Morgan fingerprint density at radius 3 is 2.83 bits per heavy atom. The molecular formula is C8H15NOS2. The molecule has 4 heteroatoms. The summed E-state index contributed by atoms with van der Waals surface area (Å²) in [6.45, 7) is 5.76. The number of thioether (sulfide) groups is 2. The number of hydrogen-bond acceptors (Lipinski definition) is 4. The van der Waals surface area contributed by atoms with Crippen molar-refractivity contribution in [3.05, 3.63) is 0 Å². The molecule has 0 radical (unpaired) electrons. The Labute approximate surface area is 82.2 Å². The maximum absolute atomic E-state index is 9.46. The van der Waals surface area contributed by atoms with Gasteiger partial charge in [-0.25, -0.2) is 0 Å². The highest BCUT2D eigenvalue weighted by molar-refractivity contribution is 8.39. The first-order chi connectivity index (χ1) is 5.47. The van der Waals surface area contributed by atoms with Crippen molar-refractivity contribution in [1.29, 1.82) is 0 Å². The largest absolute Gasteiger partial charge is 0.390 e. The van der Waals surface area contributed by atoms with Gasteiger partial charge < -0.3 is 5.11 Å². The van der Waals surface area contributed by atoms with Crippen LogP contribution < -0.4 is 0 Å². The maximum atomic E-state index is 9.46. The summed E-state index contributed by atoms with van der Waals surface area (Å²) in [5.74, 6) is 1.82. The summed E-state index contributed by atoms with van der Waals surface area (Å²) >= 11 is 3.45. The van der Waals surface area contributed by atoms with Crippen LogP contribution in [-0.4, -0.2) is 32.6 Å². The van der Waals surface area contributed by atoms with E-state index in [-0.39, 0.29) is 0 Å². The first-order valence-corrected chi connectivity index (χ1v) is 6.00. The van der Waals surface area contributed by atoms with Crippen molar-refractivity contribution in [2.75, 3.05) is 11.5 Å². The van der Waals surface area contributed by atoms with Crippen LogP contribution in [0.2, 0.25) is 0 Å². The molecule has 0 fully saturated rings. The lowest BCUT2D eigenvalue weighted by atomic mass is 10.2. The normalized spacial score (nSPS) is 24.3. The molecule has 0 bridgehead atoms. The van der Waals surface area contributed by atoms with Crippen LogP contribution in [0.4, 0.5) is 0 Å². The zero-order chi connectivity index (χ0) is 9.19. The Morgan fingerprint density at radius 1 is 1.75 bits per heavy atom. The van der Waals surface area contributed by atoms with E-state index in [9.17, 15) is 5.11 Å². The van der Waals surface area contributed by atoms with Crippen LogP contribution in [0.15, 0.2) is 4.99 Å². The fourth-order valence-corrected chi connectivity index (χ4v) is 2.92. The van der Waals surface area contributed by atoms with E-state index >= 15 is 0 Å². The summed E-state index contributed by atoms with van der Waals surface area (Å²) in [4.78, 5) is 4.42. The Bertz CT molecular complexity index is 186. The predicted molar refractivity (Wildman–Crippen MR) is 58.1 cm³/mol. The molecule has 70 valence electrons. The van der Waals surface area contributed by atoms with Gasteiger partial charge in [0, 0.05) is 11.5 Å². The first-order valence-electron chi connectivity index (χ1n) is 4.03. The molecule has 0 saturated heterocycles. The number of hydrogen-bond donors (Lipinski definition) is 1. The highest BCUT2D eigenvalue weighted by Crippen LogP contribution is 2.27. The zero-order valence-corrected chi connectivity index (χ0v) is 9.34. The smallest absolute Gasteiger partial charge is 0.125 e. The molecular weight excluding hydrogens is 190 g/mol. The van der Waals surface area contributed by atoms with E-state index < -0.39 is 5.60 Å². The monoisotopic (exact) mass is 205 g/mol. The molecule has 0 aliphatic carbocycles. The molecule has 1 rings (SSSR count). The van der Waals surface area contributed by atoms with Crippen LogP contribution in [0.1, 0.15) is 20.8 Å². The number of aliphatic imine (C=N–C) groups is 1. The fourth-order valence-electron chi connectivity index (χ4n) is 0.764. The molecule has 1 N–H and O–H groups in total. The van der Waals surface area contributed by atoms with Crippen LogP contribution in [0.3, 0.4) is 0 Å². The zero-order valence-electron chi connectivity index (χ0n) is 7.70. The van der Waals surface area contributed by atoms with Gasteiger partial charge in [-0.3, -0.25) is 4.99 Å². The van der Waals surface area contributed by atoms with Gasteiger partial charge in [-0.05, 0) is 20.8 Å². The van der Waals surface area contributed by atoms with Crippen LogP contribution in [0.5, 0.6) is 0 Å². The number of rotatable bonds is 2. The second-order valence-corrected chi connectivity index (χ2v) is 5.89. The molecule has 2 nitrogen and oxygen atoms in total. The molecule has 0 saturated carbocycles. The molecule has 1 heterocycles. The van der Waals surface area contributed by atoms with Gasteiger partial charge >= 0.3 is 0 Å². The van der Waals surface area contributed by atoms with Crippen molar-refractivity contribution in [3.8, 4) is 0 Å². The summed E-state index contributed by atoms with van der Waals surface area (Å²) in [7, 11) is 0. The summed E-state index contributed by atoms with van der Waals surface area (Å²) in [6.07, 6.45) is 0. The second kappa shape index (κ2) is 4.03. The van der Waals surface area contributed by atoms with Crippen molar-refractivity contribution in [2.24, 2.45) is 4.99 Å². The third-order valence-electron chi connectivity index (χ3n) is 1.32. The molecule has 1 unspecified atom stereocenters. The maximum Gasteiger partial charge on any atom is 0.125 e. The van der Waals surface area contributed by atoms with Crippen LogP contribution in [0.25, 0.3) is 0 Å². The van der Waals surface area contributed by atoms with Crippen molar-refractivity contribution in [1.82, 2.24) is 0 Å². The molecule has 0 aromatic carbocycles. The molecule has 12 heavy (non-hydrogen) atoms. The molecule has 1 atom stereocenters. The highest BCUT2D eigenvalue weighted by Gasteiger charge is 2.18. The summed E-state index contributed by atoms with van der Waals surface area (Å²) in [6, 6.07) is 0.458. The summed E-state index contributed by atoms with van der Waals surface area (Å²) in [5.41, 5.74) is -0.584. The van der Waals surface area contributed by atoms with Gasteiger partial charge in [-0.1, -0.05) is 23.5 Å². The number of aliphatic hydroxyl groups is 1. The minimum Gasteiger partial charge on any atom is -0.390 e. The predicted octanol–water partition coefficient (Wildman–Crippen LogP) is 1.98. The third-order valence-corrected chi connectivity index (χ3v) is 4.23. The van der Waals surface area contributed by atoms with Gasteiger partial charge in [0.25, 0.3) is 0 Å². The van der Waals surface area contributed by atoms with Gasteiger partial charge in [0.15, 0.2) is 0 Å².